The van der Waals surface area contributed by atoms with Crippen LogP contribution in [0.2, 0.25) is 0 Å². The van der Waals surface area contributed by atoms with Crippen LogP contribution in [0.3, 0.4) is 0 Å². The smallest absolute Gasteiger partial charge is 0.305 e. The van der Waals surface area contributed by atoms with Crippen molar-refractivity contribution in [1.29, 1.82) is 0 Å². The summed E-state index contributed by atoms with van der Waals surface area (Å²) in [5, 5.41) is 8.98. The first-order chi connectivity index (χ1) is 13.1. The van der Waals surface area contributed by atoms with Gasteiger partial charge in [0.1, 0.15) is 11.0 Å². The van der Waals surface area contributed by atoms with Crippen LogP contribution >= 0.6 is 11.8 Å². The number of benzene rings is 2. The van der Waals surface area contributed by atoms with Crippen LogP contribution < -0.4 is 4.74 Å². The minimum atomic E-state index is -0.989. The van der Waals surface area contributed by atoms with E-state index in [1.165, 1.54) is 11.8 Å². The number of carbonyl (C=O) groups is 2. The highest BCUT2D eigenvalue weighted by atomic mass is 32.2. The monoisotopic (exact) mass is 384 g/mol. The number of carbonyl (C=O) groups excluding carboxylic acids is 1. The molecule has 1 aliphatic rings. The molecule has 2 aromatic carbocycles. The van der Waals surface area contributed by atoms with E-state index in [1.807, 2.05) is 54.6 Å². The molecule has 1 fully saturated rings. The van der Waals surface area contributed by atoms with Crippen LogP contribution in [-0.4, -0.2) is 46.0 Å². The summed E-state index contributed by atoms with van der Waals surface area (Å²) in [7, 11) is 1.62. The molecular formula is C20H20N2O4S. The summed E-state index contributed by atoms with van der Waals surface area (Å²) >= 11 is 1.22. The topological polar surface area (TPSA) is 79.2 Å². The Morgan fingerprint density at radius 1 is 1.19 bits per heavy atom. The Kier molecular flexibility index (Phi) is 6.13. The molecule has 1 aliphatic heterocycles. The highest BCUT2D eigenvalue weighted by Crippen LogP contribution is 2.31. The summed E-state index contributed by atoms with van der Waals surface area (Å²) in [5.74, 6) is -0.415. The predicted octanol–water partition coefficient (Wildman–Crippen LogP) is 3.34. The molecule has 1 amide bonds. The molecule has 2 aromatic rings. The number of rotatable bonds is 7. The normalized spacial score (nSPS) is 18.1. The van der Waals surface area contributed by atoms with Gasteiger partial charge in [-0.3, -0.25) is 14.5 Å². The Bertz CT molecular complexity index is 837. The number of thioether (sulfide) groups is 1. The van der Waals surface area contributed by atoms with Crippen molar-refractivity contribution in [2.75, 3.05) is 13.7 Å². The minimum Gasteiger partial charge on any atom is -0.497 e. The molecule has 1 unspecified atom stereocenters. The molecule has 0 radical (unpaired) electrons. The zero-order valence-electron chi connectivity index (χ0n) is 14.9. The molecule has 1 N–H and O–H groups in total. The Morgan fingerprint density at radius 2 is 1.89 bits per heavy atom. The maximum Gasteiger partial charge on any atom is 0.305 e. The summed E-state index contributed by atoms with van der Waals surface area (Å²) < 4.78 is 5.16. The lowest BCUT2D eigenvalue weighted by Crippen LogP contribution is -2.34. The van der Waals surface area contributed by atoms with Gasteiger partial charge in [-0.25, -0.2) is 4.99 Å². The third kappa shape index (κ3) is 4.89. The van der Waals surface area contributed by atoms with Gasteiger partial charge in [0.15, 0.2) is 5.17 Å². The van der Waals surface area contributed by atoms with Crippen LogP contribution in [0.15, 0.2) is 59.6 Å². The number of amidine groups is 1. The summed E-state index contributed by atoms with van der Waals surface area (Å²) in [4.78, 5) is 29.9. The lowest BCUT2D eigenvalue weighted by atomic mass is 10.1. The van der Waals surface area contributed by atoms with Gasteiger partial charge in [-0.15, -0.1) is 0 Å². The van der Waals surface area contributed by atoms with Gasteiger partial charge in [-0.2, -0.15) is 0 Å². The predicted molar refractivity (Wildman–Crippen MR) is 106 cm³/mol. The third-order valence-electron chi connectivity index (χ3n) is 4.14. The number of aliphatic imine (C=N–C) groups is 1. The summed E-state index contributed by atoms with van der Waals surface area (Å²) in [6, 6.07) is 17.0. The van der Waals surface area contributed by atoms with Crippen molar-refractivity contribution in [2.45, 2.75) is 18.1 Å². The quantitative estimate of drug-likeness (QED) is 0.792. The van der Waals surface area contributed by atoms with Gasteiger partial charge in [0.2, 0.25) is 5.91 Å². The highest BCUT2D eigenvalue weighted by Gasteiger charge is 2.38. The molecule has 27 heavy (non-hydrogen) atoms. The van der Waals surface area contributed by atoms with Gasteiger partial charge in [-0.1, -0.05) is 42.1 Å². The SMILES string of the molecule is COc1ccc(CCN2C(=O)C(CC(=O)O)SC2=Nc2ccccc2)cc1. The van der Waals surface area contributed by atoms with E-state index in [0.29, 0.717) is 18.1 Å². The number of para-hydroxylation sites is 1. The number of methoxy groups -OCH3 is 1. The zero-order chi connectivity index (χ0) is 19.2. The second-order valence-corrected chi connectivity index (χ2v) is 7.19. The van der Waals surface area contributed by atoms with E-state index in [-0.39, 0.29) is 12.3 Å². The van der Waals surface area contributed by atoms with Crippen LogP contribution in [0.4, 0.5) is 5.69 Å². The van der Waals surface area contributed by atoms with Crippen molar-refractivity contribution in [3.05, 3.63) is 60.2 Å². The largest absolute Gasteiger partial charge is 0.497 e. The minimum absolute atomic E-state index is 0.203. The maximum atomic E-state index is 12.7. The molecule has 1 heterocycles. The first-order valence-electron chi connectivity index (χ1n) is 8.53. The Hall–Kier alpha value is -2.80. The molecule has 0 saturated carbocycles. The molecule has 0 aromatic heterocycles. The number of amides is 1. The van der Waals surface area contributed by atoms with Crippen molar-refractivity contribution in [2.24, 2.45) is 4.99 Å². The van der Waals surface area contributed by atoms with Crippen molar-refractivity contribution >= 4 is 34.5 Å². The molecule has 7 heteroatoms. The molecule has 140 valence electrons. The van der Waals surface area contributed by atoms with E-state index in [2.05, 4.69) is 4.99 Å². The Balaban J connectivity index is 1.78. The lowest BCUT2D eigenvalue weighted by molar-refractivity contribution is -0.139. The molecular weight excluding hydrogens is 364 g/mol. The Labute approximate surface area is 161 Å². The van der Waals surface area contributed by atoms with Crippen LogP contribution in [0.1, 0.15) is 12.0 Å². The van der Waals surface area contributed by atoms with Gasteiger partial charge < -0.3 is 9.84 Å². The Morgan fingerprint density at radius 3 is 2.52 bits per heavy atom. The number of hydrogen-bond donors (Lipinski definition) is 1. The van der Waals surface area contributed by atoms with E-state index in [1.54, 1.807) is 12.0 Å². The van der Waals surface area contributed by atoms with Crippen LogP contribution in [0, 0.1) is 0 Å². The number of nitrogens with zero attached hydrogens (tertiary/aromatic N) is 2. The summed E-state index contributed by atoms with van der Waals surface area (Å²) in [6.45, 7) is 0.444. The average Bonchev–Trinajstić information content (AvgIpc) is 2.95. The van der Waals surface area contributed by atoms with Gasteiger partial charge in [0.25, 0.3) is 0 Å². The summed E-state index contributed by atoms with van der Waals surface area (Å²) in [5.41, 5.74) is 1.80. The van der Waals surface area contributed by atoms with E-state index in [4.69, 9.17) is 9.84 Å². The number of aliphatic carboxylic acids is 1. The van der Waals surface area contributed by atoms with Gasteiger partial charge in [-0.05, 0) is 36.2 Å². The van der Waals surface area contributed by atoms with E-state index in [0.717, 1.165) is 17.0 Å². The van der Waals surface area contributed by atoms with Crippen LogP contribution in [-0.2, 0) is 16.0 Å². The fraction of sp³-hybridized carbons (Fsp3) is 0.250. The number of hydrogen-bond acceptors (Lipinski definition) is 5. The molecule has 0 bridgehead atoms. The second-order valence-electron chi connectivity index (χ2n) is 6.02. The molecule has 1 atom stereocenters. The first kappa shape index (κ1) is 19.0. The summed E-state index contributed by atoms with van der Waals surface area (Å²) in [6.07, 6.45) is 0.431. The number of ether oxygens (including phenoxy) is 1. The highest BCUT2D eigenvalue weighted by molar-refractivity contribution is 8.15. The average molecular weight is 384 g/mol. The molecule has 1 saturated heterocycles. The molecule has 0 aliphatic carbocycles. The molecule has 3 rings (SSSR count). The third-order valence-corrected chi connectivity index (χ3v) is 5.32. The number of carboxylic acid groups (broad SMARTS) is 1. The number of carboxylic acids is 1. The standard InChI is InChI=1S/C20H20N2O4S/c1-26-16-9-7-14(8-10-16)11-12-22-19(25)17(13-18(23)24)27-20(22)21-15-5-3-2-4-6-15/h2-10,17H,11-13H2,1H3,(H,23,24). The van der Waals surface area contributed by atoms with Crippen LogP contribution in [0.25, 0.3) is 0 Å². The lowest BCUT2D eigenvalue weighted by Gasteiger charge is -2.16. The van der Waals surface area contributed by atoms with Crippen LogP contribution in [0.5, 0.6) is 5.75 Å². The van der Waals surface area contributed by atoms with E-state index in [9.17, 15) is 9.59 Å². The van der Waals surface area contributed by atoms with Crippen molar-refractivity contribution in [3.8, 4) is 5.75 Å². The van der Waals surface area contributed by atoms with E-state index >= 15 is 0 Å². The fourth-order valence-electron chi connectivity index (χ4n) is 2.74. The van der Waals surface area contributed by atoms with Gasteiger partial charge >= 0.3 is 5.97 Å². The van der Waals surface area contributed by atoms with Gasteiger partial charge in [0.05, 0.1) is 19.2 Å². The fourth-order valence-corrected chi connectivity index (χ4v) is 3.91. The van der Waals surface area contributed by atoms with Gasteiger partial charge in [0, 0.05) is 6.54 Å². The van der Waals surface area contributed by atoms with E-state index < -0.39 is 11.2 Å². The zero-order valence-corrected chi connectivity index (χ0v) is 15.7. The first-order valence-corrected chi connectivity index (χ1v) is 9.41. The maximum absolute atomic E-state index is 12.7. The molecule has 6 nitrogen and oxygen atoms in total. The van der Waals surface area contributed by atoms with Crippen molar-refractivity contribution in [1.82, 2.24) is 4.90 Å². The van der Waals surface area contributed by atoms with Crippen molar-refractivity contribution < 1.29 is 19.4 Å². The molecule has 0 spiro atoms. The second kappa shape index (κ2) is 8.73. The van der Waals surface area contributed by atoms with Crippen molar-refractivity contribution in [3.63, 3.8) is 0 Å².